The average Bonchev–Trinajstić information content (AvgIpc) is 3.15. The molecule has 1 N–H and O–H groups in total. The molecule has 1 fully saturated rings. The summed E-state index contributed by atoms with van der Waals surface area (Å²) in [7, 11) is 1.67. The van der Waals surface area contributed by atoms with Crippen molar-refractivity contribution in [3.8, 4) is 5.75 Å². The number of aryl methyl sites for hydroxylation is 1. The predicted molar refractivity (Wildman–Crippen MR) is 98.1 cm³/mol. The van der Waals surface area contributed by atoms with E-state index in [-0.39, 0.29) is 0 Å². The molecule has 128 valence electrons. The van der Waals surface area contributed by atoms with Gasteiger partial charge in [0.05, 0.1) is 19.0 Å². The Kier molecular flexibility index (Phi) is 3.87. The molecular weight excluding hydrogens is 314 g/mol. The summed E-state index contributed by atoms with van der Waals surface area (Å²) in [5.74, 6) is 2.50. The van der Waals surface area contributed by atoms with Crippen molar-refractivity contribution in [1.82, 2.24) is 19.6 Å². The monoisotopic (exact) mass is 335 g/mol. The lowest BCUT2D eigenvalue weighted by Crippen LogP contribution is -1.90. The van der Waals surface area contributed by atoms with Crippen molar-refractivity contribution in [3.63, 3.8) is 0 Å². The summed E-state index contributed by atoms with van der Waals surface area (Å²) in [6, 6.07) is 3.93. The third-order valence-corrected chi connectivity index (χ3v) is 4.78. The predicted octanol–water partition coefficient (Wildman–Crippen LogP) is 3.92. The first-order chi connectivity index (χ1) is 12.2. The van der Waals surface area contributed by atoms with E-state index in [9.17, 15) is 0 Å². The summed E-state index contributed by atoms with van der Waals surface area (Å²) in [4.78, 5) is 9.31. The molecule has 0 bridgehead atoms. The number of aliphatic imine (C=N–C) groups is 1. The highest BCUT2D eigenvalue weighted by molar-refractivity contribution is 5.74. The Hall–Kier alpha value is -2.89. The fourth-order valence-electron chi connectivity index (χ4n) is 3.35. The number of fused-ring (bicyclic) bond motifs is 1. The average molecular weight is 335 g/mol. The molecule has 0 aromatic carbocycles. The molecule has 3 aromatic rings. The van der Waals surface area contributed by atoms with Crippen molar-refractivity contribution in [3.05, 3.63) is 53.6 Å². The van der Waals surface area contributed by atoms with Crippen LogP contribution >= 0.6 is 0 Å². The van der Waals surface area contributed by atoms with Gasteiger partial charge in [-0.05, 0) is 38.3 Å². The van der Waals surface area contributed by atoms with Crippen molar-refractivity contribution in [2.45, 2.75) is 32.1 Å². The third kappa shape index (κ3) is 2.73. The fourth-order valence-corrected chi connectivity index (χ4v) is 3.35. The number of rotatable bonds is 5. The number of hydrogen-bond donors (Lipinski definition) is 1. The number of pyridine rings is 1. The van der Waals surface area contributed by atoms with Crippen LogP contribution in [0.2, 0.25) is 0 Å². The summed E-state index contributed by atoms with van der Waals surface area (Å²) in [6.07, 6.45) is 10.6. The first-order valence-electron chi connectivity index (χ1n) is 8.44. The van der Waals surface area contributed by atoms with E-state index in [0.717, 1.165) is 29.3 Å². The number of methoxy groups -OCH3 is 1. The van der Waals surface area contributed by atoms with Gasteiger partial charge in [0.25, 0.3) is 0 Å². The quantitative estimate of drug-likeness (QED) is 0.719. The van der Waals surface area contributed by atoms with Gasteiger partial charge < -0.3 is 9.14 Å². The summed E-state index contributed by atoms with van der Waals surface area (Å²) < 4.78 is 7.42. The molecule has 3 aromatic heterocycles. The van der Waals surface area contributed by atoms with E-state index < -0.39 is 0 Å². The number of imidazole rings is 1. The van der Waals surface area contributed by atoms with Crippen LogP contribution in [0.4, 0.5) is 5.82 Å². The molecule has 0 radical (unpaired) electrons. The maximum absolute atomic E-state index is 5.30. The smallest absolute Gasteiger partial charge is 0.151 e. The van der Waals surface area contributed by atoms with E-state index in [0.29, 0.717) is 11.8 Å². The van der Waals surface area contributed by atoms with Crippen molar-refractivity contribution in [1.29, 1.82) is 0 Å². The Labute approximate surface area is 146 Å². The zero-order valence-electron chi connectivity index (χ0n) is 14.6. The summed E-state index contributed by atoms with van der Waals surface area (Å²) >= 11 is 0. The van der Waals surface area contributed by atoms with Gasteiger partial charge in [0.15, 0.2) is 5.82 Å². The Morgan fingerprint density at radius 2 is 2.28 bits per heavy atom. The maximum atomic E-state index is 5.30. The second kappa shape index (κ2) is 6.20. The normalized spacial score (nSPS) is 20.1. The van der Waals surface area contributed by atoms with Crippen LogP contribution < -0.4 is 4.74 Å². The Bertz CT molecular complexity index is 966. The van der Waals surface area contributed by atoms with Gasteiger partial charge >= 0.3 is 0 Å². The number of nitrogens with zero attached hydrogens (tertiary/aromatic N) is 4. The van der Waals surface area contributed by atoms with Crippen molar-refractivity contribution < 1.29 is 4.74 Å². The molecule has 0 saturated heterocycles. The molecule has 1 aliphatic rings. The molecule has 0 aliphatic heterocycles. The number of nitrogens with one attached hydrogen (secondary N) is 1. The van der Waals surface area contributed by atoms with Crippen LogP contribution in [0.5, 0.6) is 5.75 Å². The molecule has 6 nitrogen and oxygen atoms in total. The van der Waals surface area contributed by atoms with E-state index in [1.54, 1.807) is 13.3 Å². The molecule has 0 amide bonds. The van der Waals surface area contributed by atoms with Crippen LogP contribution in [0.3, 0.4) is 0 Å². The zero-order chi connectivity index (χ0) is 17.4. The van der Waals surface area contributed by atoms with E-state index in [1.165, 1.54) is 11.3 Å². The highest BCUT2D eigenvalue weighted by atomic mass is 16.5. The lowest BCUT2D eigenvalue weighted by Gasteiger charge is -2.01. The van der Waals surface area contributed by atoms with Crippen LogP contribution in [0, 0.1) is 6.92 Å². The van der Waals surface area contributed by atoms with Crippen LogP contribution in [0.15, 0.2) is 41.7 Å². The van der Waals surface area contributed by atoms with Gasteiger partial charge in [0, 0.05) is 35.7 Å². The van der Waals surface area contributed by atoms with Crippen molar-refractivity contribution in [2.75, 3.05) is 7.11 Å². The molecular formula is C19H21N5O. The van der Waals surface area contributed by atoms with Gasteiger partial charge in [-0.25, -0.2) is 9.98 Å². The van der Waals surface area contributed by atoms with Gasteiger partial charge in [-0.3, -0.25) is 5.10 Å². The van der Waals surface area contributed by atoms with Crippen molar-refractivity contribution >= 4 is 17.7 Å². The van der Waals surface area contributed by atoms with Crippen LogP contribution in [0.25, 0.3) is 5.65 Å². The molecule has 3 heterocycles. The van der Waals surface area contributed by atoms with Crippen LogP contribution in [-0.2, 0) is 0 Å². The lowest BCUT2D eigenvalue weighted by molar-refractivity contribution is 0.414. The molecule has 1 saturated carbocycles. The van der Waals surface area contributed by atoms with Gasteiger partial charge in [0.1, 0.15) is 11.4 Å². The standard InChI is InChI=1S/C19H21N5O/c1-4-5-7-20-19-16(11-21-23-19)14-10-15(14)18-12(2)24-8-6-13(25-3)9-17(24)22-18/h4-9,11,14-15H,10H2,1-3H3,(H,21,23)/b5-4-,20-7?. The first kappa shape index (κ1) is 15.6. The van der Waals surface area contributed by atoms with Crippen LogP contribution in [0.1, 0.15) is 42.1 Å². The zero-order valence-corrected chi connectivity index (χ0v) is 14.6. The number of aromatic nitrogens is 4. The largest absolute Gasteiger partial charge is 0.497 e. The molecule has 0 spiro atoms. The van der Waals surface area contributed by atoms with Crippen LogP contribution in [-0.4, -0.2) is 32.9 Å². The van der Waals surface area contributed by atoms with E-state index in [2.05, 4.69) is 26.5 Å². The highest BCUT2D eigenvalue weighted by Gasteiger charge is 2.44. The SMILES string of the molecule is C/C=C\C=Nc1[nH]ncc1C1CC1c1nc2cc(OC)ccn2c1C. The summed E-state index contributed by atoms with van der Waals surface area (Å²) in [5.41, 5.74) is 4.44. The highest BCUT2D eigenvalue weighted by Crippen LogP contribution is 2.56. The van der Waals surface area contributed by atoms with E-state index >= 15 is 0 Å². The van der Waals surface area contributed by atoms with Gasteiger partial charge in [-0.15, -0.1) is 0 Å². The maximum Gasteiger partial charge on any atom is 0.151 e. The molecule has 4 rings (SSSR count). The number of ether oxygens (including phenoxy) is 1. The number of aromatic amines is 1. The van der Waals surface area contributed by atoms with Gasteiger partial charge in [-0.1, -0.05) is 6.08 Å². The van der Waals surface area contributed by atoms with E-state index in [1.807, 2.05) is 43.6 Å². The molecule has 25 heavy (non-hydrogen) atoms. The molecule has 1 aliphatic carbocycles. The minimum absolute atomic E-state index is 0.416. The Balaban J connectivity index is 1.63. The Morgan fingerprint density at radius 1 is 1.40 bits per heavy atom. The second-order valence-corrected chi connectivity index (χ2v) is 6.30. The van der Waals surface area contributed by atoms with Gasteiger partial charge in [0.2, 0.25) is 0 Å². The van der Waals surface area contributed by atoms with E-state index in [4.69, 9.17) is 9.72 Å². The minimum Gasteiger partial charge on any atom is -0.497 e. The topological polar surface area (TPSA) is 67.6 Å². The lowest BCUT2D eigenvalue weighted by atomic mass is 10.1. The number of allylic oxidation sites excluding steroid dienone is 2. The first-order valence-corrected chi connectivity index (χ1v) is 8.44. The molecule has 2 unspecified atom stereocenters. The number of H-pyrrole nitrogens is 1. The minimum atomic E-state index is 0.416. The fraction of sp³-hybridized carbons (Fsp3) is 0.316. The van der Waals surface area contributed by atoms with Crippen molar-refractivity contribution in [2.24, 2.45) is 4.99 Å². The molecule has 2 atom stereocenters. The third-order valence-electron chi connectivity index (χ3n) is 4.78. The van der Waals surface area contributed by atoms with Gasteiger partial charge in [-0.2, -0.15) is 5.10 Å². The summed E-state index contributed by atoms with van der Waals surface area (Å²) in [5, 5.41) is 7.16. The molecule has 6 heteroatoms. The second-order valence-electron chi connectivity index (χ2n) is 6.30. The Morgan fingerprint density at radius 3 is 3.08 bits per heavy atom. The summed E-state index contributed by atoms with van der Waals surface area (Å²) in [6.45, 7) is 4.09. The number of hydrogen-bond acceptors (Lipinski definition) is 4.